The van der Waals surface area contributed by atoms with Crippen molar-refractivity contribution in [2.75, 3.05) is 5.73 Å². The van der Waals surface area contributed by atoms with Crippen LogP contribution in [0.2, 0.25) is 0 Å². The summed E-state index contributed by atoms with van der Waals surface area (Å²) in [6.07, 6.45) is 1.75. The van der Waals surface area contributed by atoms with Crippen molar-refractivity contribution in [1.29, 1.82) is 5.26 Å². The third kappa shape index (κ3) is 1.29. The van der Waals surface area contributed by atoms with Gasteiger partial charge in [0.25, 0.3) is 0 Å². The van der Waals surface area contributed by atoms with E-state index in [0.29, 0.717) is 17.3 Å². The van der Waals surface area contributed by atoms with Crippen LogP contribution in [0, 0.1) is 11.3 Å². The molecule has 68 valence electrons. The van der Waals surface area contributed by atoms with Gasteiger partial charge in [0.1, 0.15) is 17.6 Å². The lowest BCUT2D eigenvalue weighted by molar-refractivity contribution is 0.915. The first kappa shape index (κ1) is 8.26. The molecule has 5 heteroatoms. The van der Waals surface area contributed by atoms with Crippen LogP contribution in [0.1, 0.15) is 5.69 Å². The number of hydrogen-bond acceptors (Lipinski definition) is 4. The van der Waals surface area contributed by atoms with E-state index in [2.05, 4.69) is 16.3 Å². The van der Waals surface area contributed by atoms with Gasteiger partial charge < -0.3 is 5.73 Å². The number of rotatable bonds is 1. The summed E-state index contributed by atoms with van der Waals surface area (Å²) >= 11 is 0. The summed E-state index contributed by atoms with van der Waals surface area (Å²) in [6, 6.07) is 8.89. The fourth-order valence-electron chi connectivity index (χ4n) is 1.14. The van der Waals surface area contributed by atoms with Gasteiger partial charge in [0, 0.05) is 6.20 Å². The lowest BCUT2D eigenvalue weighted by Crippen LogP contribution is -2.01. The van der Waals surface area contributed by atoms with E-state index in [1.165, 1.54) is 0 Å². The van der Waals surface area contributed by atoms with Crippen molar-refractivity contribution in [2.45, 2.75) is 0 Å². The van der Waals surface area contributed by atoms with Gasteiger partial charge in [-0.05, 0) is 24.3 Å². The van der Waals surface area contributed by atoms with E-state index < -0.39 is 0 Å². The molecule has 0 spiro atoms. The molecule has 0 radical (unpaired) electrons. The highest BCUT2D eigenvalue weighted by Crippen LogP contribution is 2.08. The molecule has 0 fully saturated rings. The first-order chi connectivity index (χ1) is 6.81. The molecule has 2 rings (SSSR count). The SMILES string of the molecule is N#Cc1cccn1-c1ccc(N)nn1. The van der Waals surface area contributed by atoms with Crippen molar-refractivity contribution >= 4 is 5.82 Å². The average molecular weight is 185 g/mol. The minimum atomic E-state index is 0.361. The lowest BCUT2D eigenvalue weighted by Gasteiger charge is -2.01. The Kier molecular flexibility index (Phi) is 1.88. The number of nitrogens with two attached hydrogens (primary N) is 1. The van der Waals surface area contributed by atoms with Gasteiger partial charge in [0.15, 0.2) is 5.82 Å². The first-order valence-electron chi connectivity index (χ1n) is 3.98. The molecule has 0 saturated heterocycles. The van der Waals surface area contributed by atoms with Gasteiger partial charge in [0.05, 0.1) is 0 Å². The molecular formula is C9H7N5. The molecule has 14 heavy (non-hydrogen) atoms. The van der Waals surface area contributed by atoms with Crippen molar-refractivity contribution in [3.63, 3.8) is 0 Å². The number of aromatic nitrogens is 3. The zero-order valence-electron chi connectivity index (χ0n) is 7.25. The number of hydrogen-bond donors (Lipinski definition) is 1. The second-order valence-corrected chi connectivity index (χ2v) is 2.69. The summed E-state index contributed by atoms with van der Waals surface area (Å²) in [5, 5.41) is 16.4. The second kappa shape index (κ2) is 3.18. The topological polar surface area (TPSA) is 80.5 Å². The monoisotopic (exact) mass is 185 g/mol. The summed E-state index contributed by atoms with van der Waals surface area (Å²) in [6.45, 7) is 0. The second-order valence-electron chi connectivity index (χ2n) is 2.69. The van der Waals surface area contributed by atoms with Crippen LogP contribution in [0.25, 0.3) is 5.82 Å². The normalized spacial score (nSPS) is 9.64. The Morgan fingerprint density at radius 1 is 1.29 bits per heavy atom. The molecule has 0 unspecified atom stereocenters. The van der Waals surface area contributed by atoms with Gasteiger partial charge in [0.2, 0.25) is 0 Å². The Morgan fingerprint density at radius 3 is 2.79 bits per heavy atom. The Balaban J connectivity index is 2.50. The maximum absolute atomic E-state index is 8.78. The van der Waals surface area contributed by atoms with Crippen molar-refractivity contribution in [1.82, 2.24) is 14.8 Å². The number of nitrogen functional groups attached to an aromatic ring is 1. The molecule has 5 nitrogen and oxygen atoms in total. The maximum atomic E-state index is 8.78. The highest BCUT2D eigenvalue weighted by molar-refractivity contribution is 5.36. The van der Waals surface area contributed by atoms with Crippen LogP contribution in [0.3, 0.4) is 0 Å². The molecule has 0 aliphatic heterocycles. The van der Waals surface area contributed by atoms with Gasteiger partial charge in [-0.2, -0.15) is 5.26 Å². The van der Waals surface area contributed by atoms with E-state index in [1.807, 2.05) is 0 Å². The third-order valence-corrected chi connectivity index (χ3v) is 1.78. The van der Waals surface area contributed by atoms with Crippen molar-refractivity contribution in [3.05, 3.63) is 36.2 Å². The van der Waals surface area contributed by atoms with E-state index in [9.17, 15) is 0 Å². The Bertz CT molecular complexity index is 477. The van der Waals surface area contributed by atoms with Gasteiger partial charge in [-0.25, -0.2) is 0 Å². The van der Waals surface area contributed by atoms with Crippen molar-refractivity contribution < 1.29 is 0 Å². The highest BCUT2D eigenvalue weighted by Gasteiger charge is 2.02. The minimum absolute atomic E-state index is 0.361. The molecule has 0 amide bonds. The highest BCUT2D eigenvalue weighted by atomic mass is 15.2. The zero-order chi connectivity index (χ0) is 9.97. The van der Waals surface area contributed by atoms with Crippen LogP contribution >= 0.6 is 0 Å². The van der Waals surface area contributed by atoms with E-state index in [-0.39, 0.29) is 0 Å². The van der Waals surface area contributed by atoms with Gasteiger partial charge in [-0.15, -0.1) is 10.2 Å². The standard InChI is InChI=1S/C9H7N5/c10-6-7-2-1-5-14(7)9-4-3-8(11)12-13-9/h1-5H,(H2,11,12). The number of nitrogens with zero attached hydrogens (tertiary/aromatic N) is 4. The molecule has 2 N–H and O–H groups in total. The van der Waals surface area contributed by atoms with Crippen molar-refractivity contribution in [2.24, 2.45) is 0 Å². The summed E-state index contributed by atoms with van der Waals surface area (Å²) in [7, 11) is 0. The van der Waals surface area contributed by atoms with Crippen LogP contribution in [-0.2, 0) is 0 Å². The molecule has 2 aromatic heterocycles. The smallest absolute Gasteiger partial charge is 0.160 e. The molecular weight excluding hydrogens is 178 g/mol. The maximum Gasteiger partial charge on any atom is 0.160 e. The van der Waals surface area contributed by atoms with E-state index in [4.69, 9.17) is 11.0 Å². The first-order valence-corrected chi connectivity index (χ1v) is 3.98. The quantitative estimate of drug-likeness (QED) is 0.709. The third-order valence-electron chi connectivity index (χ3n) is 1.78. The molecule has 0 aromatic carbocycles. The van der Waals surface area contributed by atoms with E-state index in [0.717, 1.165) is 0 Å². The molecule has 0 bridgehead atoms. The fourth-order valence-corrected chi connectivity index (χ4v) is 1.14. The van der Waals surface area contributed by atoms with Gasteiger partial charge >= 0.3 is 0 Å². The van der Waals surface area contributed by atoms with E-state index in [1.54, 1.807) is 35.0 Å². The summed E-state index contributed by atoms with van der Waals surface area (Å²) in [4.78, 5) is 0. The van der Waals surface area contributed by atoms with Crippen LogP contribution in [-0.4, -0.2) is 14.8 Å². The van der Waals surface area contributed by atoms with Crippen LogP contribution < -0.4 is 5.73 Å². The van der Waals surface area contributed by atoms with E-state index >= 15 is 0 Å². The van der Waals surface area contributed by atoms with Crippen molar-refractivity contribution in [3.8, 4) is 11.9 Å². The largest absolute Gasteiger partial charge is 0.382 e. The number of anilines is 1. The van der Waals surface area contributed by atoms with Gasteiger partial charge in [-0.3, -0.25) is 4.57 Å². The van der Waals surface area contributed by atoms with Crippen LogP contribution in [0.5, 0.6) is 0 Å². The molecule has 2 aromatic rings. The Labute approximate surface area is 80.4 Å². The van der Waals surface area contributed by atoms with Crippen LogP contribution in [0.4, 0.5) is 5.82 Å². The summed E-state index contributed by atoms with van der Waals surface area (Å²) < 4.78 is 1.65. The predicted octanol–water partition coefficient (Wildman–Crippen LogP) is 0.721. The Morgan fingerprint density at radius 2 is 2.14 bits per heavy atom. The summed E-state index contributed by atoms with van der Waals surface area (Å²) in [5.41, 5.74) is 5.92. The zero-order valence-corrected chi connectivity index (χ0v) is 7.25. The summed E-state index contributed by atoms with van der Waals surface area (Å²) in [5.74, 6) is 0.945. The lowest BCUT2D eigenvalue weighted by atomic mass is 10.4. The molecule has 0 aliphatic rings. The predicted molar refractivity (Wildman–Crippen MR) is 50.5 cm³/mol. The Hall–Kier alpha value is -2.35. The molecule has 0 saturated carbocycles. The average Bonchev–Trinajstić information content (AvgIpc) is 2.67. The molecule has 0 aliphatic carbocycles. The number of nitriles is 1. The van der Waals surface area contributed by atoms with Crippen LogP contribution in [0.15, 0.2) is 30.5 Å². The van der Waals surface area contributed by atoms with Gasteiger partial charge in [-0.1, -0.05) is 0 Å². The molecule has 0 atom stereocenters. The molecule has 2 heterocycles. The fraction of sp³-hybridized carbons (Fsp3) is 0. The minimum Gasteiger partial charge on any atom is -0.382 e.